The summed E-state index contributed by atoms with van der Waals surface area (Å²) in [5, 5.41) is 11.6. The molecule has 0 spiro atoms. The maximum Gasteiger partial charge on any atom is 0.323 e. The number of carboxylic acids is 1. The van der Waals surface area contributed by atoms with E-state index in [1.807, 2.05) is 32.9 Å². The second-order valence-corrected chi connectivity index (χ2v) is 5.97. The summed E-state index contributed by atoms with van der Waals surface area (Å²) >= 11 is 3.34. The number of carbonyl (C=O) groups excluding carboxylic acids is 1. The van der Waals surface area contributed by atoms with Crippen molar-refractivity contribution in [2.24, 2.45) is 5.92 Å². The Bertz CT molecular complexity index is 503. The van der Waals surface area contributed by atoms with E-state index in [1.165, 1.54) is 4.90 Å². The van der Waals surface area contributed by atoms with Crippen molar-refractivity contribution >= 4 is 33.6 Å². The second-order valence-electron chi connectivity index (χ2n) is 5.06. The van der Waals surface area contributed by atoms with Gasteiger partial charge >= 0.3 is 12.0 Å². The minimum atomic E-state index is -1.02. The predicted molar refractivity (Wildman–Crippen MR) is 81.9 cm³/mol. The summed E-state index contributed by atoms with van der Waals surface area (Å²) in [6.07, 6.45) is 0. The Balaban J connectivity index is 2.84. The van der Waals surface area contributed by atoms with Crippen LogP contribution in [0.4, 0.5) is 10.5 Å². The highest BCUT2D eigenvalue weighted by atomic mass is 79.9. The standard InChI is InChI=1S/C14H19BrN2O3/c1-9(2)7-17(8-13(18)19)14(20)16-12-6-11(15)5-4-10(12)3/h4-6,9H,7-8H2,1-3H3,(H,16,20)(H,18,19). The minimum absolute atomic E-state index is 0.198. The quantitative estimate of drug-likeness (QED) is 0.862. The Kier molecular flexibility index (Phi) is 6.01. The van der Waals surface area contributed by atoms with Crippen molar-refractivity contribution in [2.75, 3.05) is 18.4 Å². The van der Waals surface area contributed by atoms with Crippen molar-refractivity contribution in [1.29, 1.82) is 0 Å². The van der Waals surface area contributed by atoms with Gasteiger partial charge in [-0.15, -0.1) is 0 Å². The monoisotopic (exact) mass is 342 g/mol. The van der Waals surface area contributed by atoms with Crippen LogP contribution in [0.5, 0.6) is 0 Å². The molecule has 0 saturated carbocycles. The van der Waals surface area contributed by atoms with Crippen LogP contribution < -0.4 is 5.32 Å². The predicted octanol–water partition coefficient (Wildman–Crippen LogP) is 3.33. The Morgan fingerprint density at radius 2 is 2.05 bits per heavy atom. The number of nitrogens with one attached hydrogen (secondary N) is 1. The van der Waals surface area contributed by atoms with Gasteiger partial charge in [-0.2, -0.15) is 0 Å². The Morgan fingerprint density at radius 3 is 2.60 bits per heavy atom. The van der Waals surface area contributed by atoms with Gasteiger partial charge in [-0.1, -0.05) is 35.8 Å². The summed E-state index contributed by atoms with van der Waals surface area (Å²) in [4.78, 5) is 24.3. The minimum Gasteiger partial charge on any atom is -0.480 e. The highest BCUT2D eigenvalue weighted by Crippen LogP contribution is 2.21. The van der Waals surface area contributed by atoms with Crippen LogP contribution in [0.1, 0.15) is 19.4 Å². The van der Waals surface area contributed by atoms with E-state index in [2.05, 4.69) is 21.2 Å². The molecule has 0 fully saturated rings. The van der Waals surface area contributed by atoms with Crippen molar-refractivity contribution in [3.05, 3.63) is 28.2 Å². The van der Waals surface area contributed by atoms with Gasteiger partial charge in [0.25, 0.3) is 0 Å². The summed E-state index contributed by atoms with van der Waals surface area (Å²) in [7, 11) is 0. The first-order valence-corrected chi connectivity index (χ1v) is 7.12. The normalized spacial score (nSPS) is 10.4. The zero-order valence-electron chi connectivity index (χ0n) is 11.8. The summed E-state index contributed by atoms with van der Waals surface area (Å²) in [6, 6.07) is 5.15. The van der Waals surface area contributed by atoms with E-state index in [9.17, 15) is 9.59 Å². The molecule has 2 N–H and O–H groups in total. The third-order valence-corrected chi connectivity index (χ3v) is 3.13. The van der Waals surface area contributed by atoms with Crippen molar-refractivity contribution in [3.8, 4) is 0 Å². The topological polar surface area (TPSA) is 69.6 Å². The molecule has 0 aliphatic rings. The molecule has 110 valence electrons. The van der Waals surface area contributed by atoms with Crippen LogP contribution in [0.25, 0.3) is 0 Å². The van der Waals surface area contributed by atoms with E-state index in [4.69, 9.17) is 5.11 Å². The fourth-order valence-corrected chi connectivity index (χ4v) is 2.11. The van der Waals surface area contributed by atoms with Gasteiger partial charge in [0.2, 0.25) is 0 Å². The molecule has 2 amide bonds. The molecule has 0 unspecified atom stereocenters. The van der Waals surface area contributed by atoms with Crippen LogP contribution in [0.15, 0.2) is 22.7 Å². The molecule has 0 radical (unpaired) electrons. The van der Waals surface area contributed by atoms with Crippen molar-refractivity contribution in [3.63, 3.8) is 0 Å². The average molecular weight is 343 g/mol. The van der Waals surface area contributed by atoms with Crippen molar-refractivity contribution in [2.45, 2.75) is 20.8 Å². The molecule has 1 aromatic rings. The number of halogens is 1. The van der Waals surface area contributed by atoms with Gasteiger partial charge in [-0.05, 0) is 30.5 Å². The average Bonchev–Trinajstić information content (AvgIpc) is 2.31. The first-order valence-electron chi connectivity index (χ1n) is 6.33. The van der Waals surface area contributed by atoms with Gasteiger partial charge in [-0.25, -0.2) is 4.79 Å². The zero-order valence-corrected chi connectivity index (χ0v) is 13.4. The molecular formula is C14H19BrN2O3. The van der Waals surface area contributed by atoms with Crippen molar-refractivity contribution in [1.82, 2.24) is 4.90 Å². The smallest absolute Gasteiger partial charge is 0.323 e. The Hall–Kier alpha value is -1.56. The van der Waals surface area contributed by atoms with Crippen LogP contribution in [0.2, 0.25) is 0 Å². The van der Waals surface area contributed by atoms with E-state index in [0.29, 0.717) is 12.2 Å². The third kappa shape index (κ3) is 5.21. The van der Waals surface area contributed by atoms with E-state index < -0.39 is 12.0 Å². The molecular weight excluding hydrogens is 324 g/mol. The van der Waals surface area contributed by atoms with Gasteiger partial charge in [0.1, 0.15) is 6.54 Å². The molecule has 20 heavy (non-hydrogen) atoms. The van der Waals surface area contributed by atoms with Crippen LogP contribution in [-0.4, -0.2) is 35.1 Å². The number of urea groups is 1. The van der Waals surface area contributed by atoms with Crippen LogP contribution in [0, 0.1) is 12.8 Å². The first kappa shape index (κ1) is 16.5. The fourth-order valence-electron chi connectivity index (χ4n) is 1.75. The number of benzene rings is 1. The largest absolute Gasteiger partial charge is 0.480 e. The molecule has 6 heteroatoms. The lowest BCUT2D eigenvalue weighted by Crippen LogP contribution is -2.41. The van der Waals surface area contributed by atoms with Gasteiger partial charge in [-0.3, -0.25) is 4.79 Å². The number of hydrogen-bond donors (Lipinski definition) is 2. The number of carboxylic acid groups (broad SMARTS) is 1. The summed E-state index contributed by atoms with van der Waals surface area (Å²) in [6.45, 7) is 5.84. The number of nitrogens with zero attached hydrogens (tertiary/aromatic N) is 1. The molecule has 0 atom stereocenters. The lowest BCUT2D eigenvalue weighted by Gasteiger charge is -2.23. The highest BCUT2D eigenvalue weighted by Gasteiger charge is 2.18. The van der Waals surface area contributed by atoms with Gasteiger partial charge in [0.05, 0.1) is 0 Å². The van der Waals surface area contributed by atoms with E-state index in [-0.39, 0.29) is 12.5 Å². The molecule has 0 aliphatic heterocycles. The zero-order chi connectivity index (χ0) is 15.3. The van der Waals surface area contributed by atoms with E-state index in [1.54, 1.807) is 6.07 Å². The number of amides is 2. The number of carbonyl (C=O) groups is 2. The lowest BCUT2D eigenvalue weighted by molar-refractivity contribution is -0.137. The molecule has 0 bridgehead atoms. The fraction of sp³-hybridized carbons (Fsp3) is 0.429. The number of aryl methyl sites for hydroxylation is 1. The van der Waals surface area contributed by atoms with Crippen LogP contribution in [0.3, 0.4) is 0 Å². The van der Waals surface area contributed by atoms with E-state index in [0.717, 1.165) is 10.0 Å². The number of hydrogen-bond acceptors (Lipinski definition) is 2. The molecule has 5 nitrogen and oxygen atoms in total. The van der Waals surface area contributed by atoms with E-state index >= 15 is 0 Å². The lowest BCUT2D eigenvalue weighted by atomic mass is 10.2. The molecule has 0 aliphatic carbocycles. The maximum atomic E-state index is 12.2. The third-order valence-electron chi connectivity index (χ3n) is 2.64. The van der Waals surface area contributed by atoms with Crippen molar-refractivity contribution < 1.29 is 14.7 Å². The van der Waals surface area contributed by atoms with Crippen LogP contribution in [-0.2, 0) is 4.79 Å². The number of aliphatic carboxylic acids is 1. The molecule has 0 heterocycles. The van der Waals surface area contributed by atoms with Gasteiger partial charge < -0.3 is 15.3 Å². The summed E-state index contributed by atoms with van der Waals surface area (Å²) in [5.41, 5.74) is 1.59. The molecule has 1 rings (SSSR count). The Labute approximate surface area is 127 Å². The first-order chi connectivity index (χ1) is 9.29. The Morgan fingerprint density at radius 1 is 1.40 bits per heavy atom. The summed E-state index contributed by atoms with van der Waals surface area (Å²) < 4.78 is 0.854. The molecule has 0 aromatic heterocycles. The molecule has 0 saturated heterocycles. The second kappa shape index (κ2) is 7.28. The highest BCUT2D eigenvalue weighted by molar-refractivity contribution is 9.10. The maximum absolute atomic E-state index is 12.2. The summed E-state index contributed by atoms with van der Waals surface area (Å²) in [5.74, 6) is -0.824. The number of anilines is 1. The number of rotatable bonds is 5. The van der Waals surface area contributed by atoms with Gasteiger partial charge in [0.15, 0.2) is 0 Å². The molecule has 1 aromatic carbocycles. The SMILES string of the molecule is Cc1ccc(Br)cc1NC(=O)N(CC(=O)O)CC(C)C. The van der Waals surface area contributed by atoms with Crippen LogP contribution >= 0.6 is 15.9 Å². The van der Waals surface area contributed by atoms with Gasteiger partial charge in [0, 0.05) is 16.7 Å².